The normalized spacial score (nSPS) is 29.9. The first-order valence-electron chi connectivity index (χ1n) is 6.76. The van der Waals surface area contributed by atoms with Crippen LogP contribution >= 0.6 is 0 Å². The van der Waals surface area contributed by atoms with Crippen LogP contribution in [0.5, 0.6) is 0 Å². The fourth-order valence-electron chi connectivity index (χ4n) is 2.60. The van der Waals surface area contributed by atoms with Crippen molar-refractivity contribution in [2.24, 2.45) is 23.7 Å². The summed E-state index contributed by atoms with van der Waals surface area (Å²) in [4.78, 5) is 22.5. The van der Waals surface area contributed by atoms with Gasteiger partial charge in [-0.1, -0.05) is 27.2 Å². The van der Waals surface area contributed by atoms with Crippen molar-refractivity contribution in [1.29, 1.82) is 0 Å². The second-order valence-electron chi connectivity index (χ2n) is 5.86. The van der Waals surface area contributed by atoms with Crippen LogP contribution in [0, 0.1) is 23.7 Å². The van der Waals surface area contributed by atoms with Crippen LogP contribution in [0.25, 0.3) is 0 Å². The van der Waals surface area contributed by atoms with Crippen molar-refractivity contribution in [3.63, 3.8) is 0 Å². The van der Waals surface area contributed by atoms with E-state index in [0.29, 0.717) is 17.8 Å². The highest BCUT2D eigenvalue weighted by Gasteiger charge is 2.35. The molecule has 1 rings (SSSR count). The smallest absolute Gasteiger partial charge is 0.320 e. The Hall–Kier alpha value is -1.06. The van der Waals surface area contributed by atoms with Crippen LogP contribution in [0.1, 0.15) is 47.0 Å². The van der Waals surface area contributed by atoms with E-state index < -0.39 is 17.9 Å². The summed E-state index contributed by atoms with van der Waals surface area (Å²) in [7, 11) is 0. The number of carboxylic acid groups (broad SMARTS) is 1. The Morgan fingerprint density at radius 2 is 1.83 bits per heavy atom. The van der Waals surface area contributed by atoms with Gasteiger partial charge in [-0.25, -0.2) is 0 Å². The lowest BCUT2D eigenvalue weighted by Crippen LogP contribution is -2.38. The molecule has 1 aliphatic carbocycles. The van der Waals surface area contributed by atoms with Crippen molar-refractivity contribution in [3.05, 3.63) is 0 Å². The van der Waals surface area contributed by atoms with Crippen LogP contribution in [0.15, 0.2) is 0 Å². The maximum atomic E-state index is 11.7. The summed E-state index contributed by atoms with van der Waals surface area (Å²) in [5.74, 6) is -1.45. The van der Waals surface area contributed by atoms with Crippen molar-refractivity contribution >= 4 is 11.9 Å². The number of ether oxygens (including phenoxy) is 1. The van der Waals surface area contributed by atoms with Gasteiger partial charge in [-0.3, -0.25) is 9.59 Å². The predicted molar refractivity (Wildman–Crippen MR) is 68.0 cm³/mol. The molecule has 0 radical (unpaired) electrons. The monoisotopic (exact) mass is 256 g/mol. The van der Waals surface area contributed by atoms with Gasteiger partial charge in [-0.2, -0.15) is 0 Å². The molecule has 4 atom stereocenters. The standard InChI is InChI=1S/C14H24O4/c1-8(2)11-6-5-9(3)7-12(11)18-14(17)10(4)13(15)16/h8-12H,5-7H2,1-4H3,(H,15,16). The zero-order valence-electron chi connectivity index (χ0n) is 11.7. The molecule has 1 saturated carbocycles. The van der Waals surface area contributed by atoms with Crippen molar-refractivity contribution < 1.29 is 19.4 Å². The van der Waals surface area contributed by atoms with Gasteiger partial charge in [0.2, 0.25) is 0 Å². The summed E-state index contributed by atoms with van der Waals surface area (Å²) < 4.78 is 5.44. The van der Waals surface area contributed by atoms with Crippen LogP contribution in [0.4, 0.5) is 0 Å². The second kappa shape index (κ2) is 6.21. The minimum Gasteiger partial charge on any atom is -0.481 e. The SMILES string of the molecule is CC1CCC(C(C)C)C(OC(=O)C(C)C(=O)O)C1. The zero-order chi connectivity index (χ0) is 13.9. The highest BCUT2D eigenvalue weighted by atomic mass is 16.5. The maximum absolute atomic E-state index is 11.7. The Balaban J connectivity index is 2.66. The van der Waals surface area contributed by atoms with E-state index in [0.717, 1.165) is 19.3 Å². The number of aliphatic carboxylic acids is 1. The number of carboxylic acids is 1. The molecule has 18 heavy (non-hydrogen) atoms. The molecule has 0 saturated heterocycles. The number of hydrogen-bond acceptors (Lipinski definition) is 3. The molecule has 4 heteroatoms. The van der Waals surface area contributed by atoms with E-state index in [-0.39, 0.29) is 6.10 Å². The lowest BCUT2D eigenvalue weighted by Gasteiger charge is -2.36. The zero-order valence-corrected chi connectivity index (χ0v) is 11.7. The molecule has 104 valence electrons. The van der Waals surface area contributed by atoms with Gasteiger partial charge in [0.25, 0.3) is 0 Å². The highest BCUT2D eigenvalue weighted by molar-refractivity contribution is 5.93. The van der Waals surface area contributed by atoms with E-state index >= 15 is 0 Å². The van der Waals surface area contributed by atoms with Crippen molar-refractivity contribution in [2.75, 3.05) is 0 Å². The Labute approximate surface area is 109 Å². The molecule has 1 N–H and O–H groups in total. The molecule has 0 amide bonds. The molecule has 4 nitrogen and oxygen atoms in total. The first-order valence-corrected chi connectivity index (χ1v) is 6.76. The largest absolute Gasteiger partial charge is 0.481 e. The van der Waals surface area contributed by atoms with Gasteiger partial charge in [0.15, 0.2) is 5.92 Å². The molecular weight excluding hydrogens is 232 g/mol. The van der Waals surface area contributed by atoms with E-state index in [1.807, 2.05) is 0 Å². The number of rotatable bonds is 4. The van der Waals surface area contributed by atoms with E-state index in [1.165, 1.54) is 6.92 Å². The number of hydrogen-bond donors (Lipinski definition) is 1. The van der Waals surface area contributed by atoms with E-state index in [1.54, 1.807) is 0 Å². The quantitative estimate of drug-likeness (QED) is 0.620. The predicted octanol–water partition coefficient (Wildman–Crippen LogP) is 2.71. The number of esters is 1. The fourth-order valence-corrected chi connectivity index (χ4v) is 2.60. The number of carbonyl (C=O) groups is 2. The topological polar surface area (TPSA) is 63.6 Å². The first kappa shape index (κ1) is 15.0. The van der Waals surface area contributed by atoms with Crippen LogP contribution in [-0.4, -0.2) is 23.1 Å². The van der Waals surface area contributed by atoms with Crippen LogP contribution in [-0.2, 0) is 14.3 Å². The van der Waals surface area contributed by atoms with E-state index in [2.05, 4.69) is 20.8 Å². The second-order valence-corrected chi connectivity index (χ2v) is 5.86. The highest BCUT2D eigenvalue weighted by Crippen LogP contribution is 2.35. The average Bonchev–Trinajstić information content (AvgIpc) is 2.27. The molecular formula is C14H24O4. The molecule has 0 bridgehead atoms. The van der Waals surface area contributed by atoms with Crippen molar-refractivity contribution in [3.8, 4) is 0 Å². The van der Waals surface area contributed by atoms with Gasteiger partial charge >= 0.3 is 11.9 Å². The van der Waals surface area contributed by atoms with Gasteiger partial charge in [-0.05, 0) is 37.5 Å². The van der Waals surface area contributed by atoms with Crippen molar-refractivity contribution in [2.45, 2.75) is 53.1 Å². The van der Waals surface area contributed by atoms with Crippen LogP contribution in [0.2, 0.25) is 0 Å². The average molecular weight is 256 g/mol. The molecule has 1 fully saturated rings. The molecule has 0 aromatic rings. The summed E-state index contributed by atoms with van der Waals surface area (Å²) in [6, 6.07) is 0. The van der Waals surface area contributed by atoms with Gasteiger partial charge < -0.3 is 9.84 Å². The Morgan fingerprint density at radius 3 is 2.33 bits per heavy atom. The van der Waals surface area contributed by atoms with Gasteiger partial charge in [0.05, 0.1) is 0 Å². The lowest BCUT2D eigenvalue weighted by atomic mass is 9.75. The molecule has 4 unspecified atom stereocenters. The van der Waals surface area contributed by atoms with E-state index in [4.69, 9.17) is 9.84 Å². The summed E-state index contributed by atoms with van der Waals surface area (Å²) in [6.45, 7) is 7.78. The van der Waals surface area contributed by atoms with Crippen LogP contribution in [0.3, 0.4) is 0 Å². The van der Waals surface area contributed by atoms with Gasteiger partial charge in [0.1, 0.15) is 6.10 Å². The van der Waals surface area contributed by atoms with Crippen molar-refractivity contribution in [1.82, 2.24) is 0 Å². The Kier molecular flexibility index (Phi) is 5.17. The molecule has 0 aromatic heterocycles. The minimum atomic E-state index is -1.12. The molecule has 0 aliphatic heterocycles. The number of carbonyl (C=O) groups excluding carboxylic acids is 1. The van der Waals surface area contributed by atoms with Crippen LogP contribution < -0.4 is 0 Å². The Morgan fingerprint density at radius 1 is 1.22 bits per heavy atom. The third-order valence-corrected chi connectivity index (χ3v) is 3.95. The molecule has 0 heterocycles. The molecule has 0 spiro atoms. The summed E-state index contributed by atoms with van der Waals surface area (Å²) in [5.41, 5.74) is 0. The maximum Gasteiger partial charge on any atom is 0.320 e. The minimum absolute atomic E-state index is 0.122. The summed E-state index contributed by atoms with van der Waals surface area (Å²) in [5, 5.41) is 8.81. The molecule has 0 aromatic carbocycles. The van der Waals surface area contributed by atoms with Gasteiger partial charge in [0, 0.05) is 0 Å². The van der Waals surface area contributed by atoms with Gasteiger partial charge in [-0.15, -0.1) is 0 Å². The third kappa shape index (κ3) is 3.72. The third-order valence-electron chi connectivity index (χ3n) is 3.95. The lowest BCUT2D eigenvalue weighted by molar-refractivity contribution is -0.166. The van der Waals surface area contributed by atoms with E-state index in [9.17, 15) is 9.59 Å². The fraction of sp³-hybridized carbons (Fsp3) is 0.857. The first-order chi connectivity index (χ1) is 8.32. The molecule has 1 aliphatic rings. The Bertz CT molecular complexity index is 311. The summed E-state index contributed by atoms with van der Waals surface area (Å²) in [6.07, 6.45) is 2.94. The summed E-state index contributed by atoms with van der Waals surface area (Å²) >= 11 is 0.